The van der Waals surface area contributed by atoms with Crippen LogP contribution >= 0.6 is 0 Å². The van der Waals surface area contributed by atoms with Crippen LogP contribution in [0.1, 0.15) is 37.8 Å². The molecule has 4 nitrogen and oxygen atoms in total. The number of aliphatic hydroxyl groups is 2. The Hall–Kier alpha value is -0.870. The van der Waals surface area contributed by atoms with Crippen LogP contribution in [0.25, 0.3) is 0 Å². The molecular weight excluding hydrogens is 204 g/mol. The summed E-state index contributed by atoms with van der Waals surface area (Å²) in [7, 11) is 1.85. The highest BCUT2D eigenvalue weighted by Gasteiger charge is 2.36. The summed E-state index contributed by atoms with van der Waals surface area (Å²) in [6, 6.07) is 1.88. The fourth-order valence-corrected chi connectivity index (χ4v) is 2.46. The highest BCUT2D eigenvalue weighted by molar-refractivity contribution is 5.03. The lowest BCUT2D eigenvalue weighted by Crippen LogP contribution is -2.45. The molecular formula is C12H20N2O2. The summed E-state index contributed by atoms with van der Waals surface area (Å²) >= 11 is 0. The van der Waals surface area contributed by atoms with Crippen molar-refractivity contribution in [1.29, 1.82) is 0 Å². The zero-order valence-corrected chi connectivity index (χ0v) is 9.76. The molecule has 0 saturated heterocycles. The van der Waals surface area contributed by atoms with Crippen LogP contribution in [0.5, 0.6) is 0 Å². The van der Waals surface area contributed by atoms with Crippen molar-refractivity contribution < 1.29 is 10.2 Å². The maximum atomic E-state index is 10.3. The second-order valence-electron chi connectivity index (χ2n) is 4.86. The van der Waals surface area contributed by atoms with Crippen molar-refractivity contribution in [2.45, 2.75) is 50.2 Å². The molecule has 1 heterocycles. The molecule has 1 unspecified atom stereocenters. The third kappa shape index (κ3) is 2.44. The second-order valence-corrected chi connectivity index (χ2v) is 4.86. The Balaban J connectivity index is 1.98. The zero-order chi connectivity index (χ0) is 11.6. The third-order valence-corrected chi connectivity index (χ3v) is 3.51. The van der Waals surface area contributed by atoms with Crippen LogP contribution in [-0.2, 0) is 13.5 Å². The Morgan fingerprint density at radius 2 is 2.12 bits per heavy atom. The van der Waals surface area contributed by atoms with E-state index in [9.17, 15) is 10.2 Å². The van der Waals surface area contributed by atoms with Crippen LogP contribution in [0.2, 0.25) is 0 Å². The Labute approximate surface area is 95.9 Å². The van der Waals surface area contributed by atoms with E-state index in [1.165, 1.54) is 6.42 Å². The summed E-state index contributed by atoms with van der Waals surface area (Å²) in [6.07, 6.45) is 6.21. The summed E-state index contributed by atoms with van der Waals surface area (Å²) in [5.41, 5.74) is -0.0514. The summed E-state index contributed by atoms with van der Waals surface area (Å²) in [5, 5.41) is 24.6. The van der Waals surface area contributed by atoms with E-state index in [4.69, 9.17) is 0 Å². The van der Waals surface area contributed by atoms with Crippen molar-refractivity contribution in [1.82, 2.24) is 9.78 Å². The maximum absolute atomic E-state index is 10.3. The zero-order valence-electron chi connectivity index (χ0n) is 9.76. The summed E-state index contributed by atoms with van der Waals surface area (Å²) in [5.74, 6) is 0. The quantitative estimate of drug-likeness (QED) is 0.806. The van der Waals surface area contributed by atoms with E-state index in [1.54, 1.807) is 4.68 Å². The van der Waals surface area contributed by atoms with Crippen LogP contribution in [0.15, 0.2) is 12.3 Å². The molecule has 4 heteroatoms. The fraction of sp³-hybridized carbons (Fsp3) is 0.750. The largest absolute Gasteiger partial charge is 0.390 e. The fourth-order valence-electron chi connectivity index (χ4n) is 2.46. The first-order valence-corrected chi connectivity index (χ1v) is 5.99. The number of aryl methyl sites for hydroxylation is 1. The average molecular weight is 224 g/mol. The molecule has 1 aromatic rings. The van der Waals surface area contributed by atoms with E-state index in [0.717, 1.165) is 18.5 Å². The van der Waals surface area contributed by atoms with E-state index < -0.39 is 11.7 Å². The van der Waals surface area contributed by atoms with Crippen molar-refractivity contribution in [2.24, 2.45) is 7.05 Å². The molecule has 0 aromatic carbocycles. The first-order valence-electron chi connectivity index (χ1n) is 5.99. The molecule has 0 spiro atoms. The maximum Gasteiger partial charge on any atom is 0.0909 e. The molecule has 0 radical (unpaired) electrons. The SMILES string of the molecule is Cn1ccc(CC(O)C2(O)CCCCC2)n1. The van der Waals surface area contributed by atoms with Crippen LogP contribution in [0, 0.1) is 0 Å². The van der Waals surface area contributed by atoms with Crippen molar-refractivity contribution in [2.75, 3.05) is 0 Å². The minimum Gasteiger partial charge on any atom is -0.390 e. The number of aliphatic hydroxyl groups excluding tert-OH is 1. The minimum atomic E-state index is -0.893. The Kier molecular flexibility index (Phi) is 3.30. The van der Waals surface area contributed by atoms with E-state index in [-0.39, 0.29) is 0 Å². The molecule has 1 aliphatic carbocycles. The molecule has 1 aliphatic rings. The van der Waals surface area contributed by atoms with Crippen LogP contribution in [-0.4, -0.2) is 31.7 Å². The molecule has 1 fully saturated rings. The third-order valence-electron chi connectivity index (χ3n) is 3.51. The van der Waals surface area contributed by atoms with E-state index in [2.05, 4.69) is 5.10 Å². The molecule has 0 aliphatic heterocycles. The molecule has 16 heavy (non-hydrogen) atoms. The van der Waals surface area contributed by atoms with Crippen LogP contribution in [0.4, 0.5) is 0 Å². The Morgan fingerprint density at radius 1 is 1.44 bits per heavy atom. The first kappa shape index (κ1) is 11.6. The van der Waals surface area contributed by atoms with Crippen LogP contribution < -0.4 is 0 Å². The Morgan fingerprint density at radius 3 is 2.69 bits per heavy atom. The van der Waals surface area contributed by atoms with Gasteiger partial charge < -0.3 is 10.2 Å². The normalized spacial score (nSPS) is 21.9. The van der Waals surface area contributed by atoms with Gasteiger partial charge in [0.2, 0.25) is 0 Å². The summed E-state index contributed by atoms with van der Waals surface area (Å²) in [4.78, 5) is 0. The van der Waals surface area contributed by atoms with Gasteiger partial charge in [0.25, 0.3) is 0 Å². The van der Waals surface area contributed by atoms with Gasteiger partial charge in [-0.15, -0.1) is 0 Å². The minimum absolute atomic E-state index is 0.442. The highest BCUT2D eigenvalue weighted by atomic mass is 16.3. The van der Waals surface area contributed by atoms with Crippen LogP contribution in [0.3, 0.4) is 0 Å². The molecule has 2 N–H and O–H groups in total. The van der Waals surface area contributed by atoms with Gasteiger partial charge in [-0.1, -0.05) is 19.3 Å². The molecule has 1 atom stereocenters. The summed E-state index contributed by atoms with van der Waals surface area (Å²) < 4.78 is 1.72. The number of hydrogen-bond acceptors (Lipinski definition) is 3. The van der Waals surface area contributed by atoms with Gasteiger partial charge in [-0.3, -0.25) is 4.68 Å². The topological polar surface area (TPSA) is 58.3 Å². The van der Waals surface area contributed by atoms with Gasteiger partial charge in [-0.05, 0) is 18.9 Å². The lowest BCUT2D eigenvalue weighted by Gasteiger charge is -2.36. The molecule has 0 amide bonds. The van der Waals surface area contributed by atoms with Crippen molar-refractivity contribution >= 4 is 0 Å². The van der Waals surface area contributed by atoms with Gasteiger partial charge in [-0.2, -0.15) is 5.10 Å². The van der Waals surface area contributed by atoms with Gasteiger partial charge in [0, 0.05) is 19.7 Å². The predicted octanol–water partition coefficient (Wildman–Crippen LogP) is 1.02. The van der Waals surface area contributed by atoms with Gasteiger partial charge >= 0.3 is 0 Å². The van der Waals surface area contributed by atoms with Gasteiger partial charge in [0.1, 0.15) is 0 Å². The second kappa shape index (κ2) is 4.55. The van der Waals surface area contributed by atoms with Crippen molar-refractivity contribution in [3.05, 3.63) is 18.0 Å². The monoisotopic (exact) mass is 224 g/mol. The molecule has 0 bridgehead atoms. The lowest BCUT2D eigenvalue weighted by molar-refractivity contribution is -0.0964. The molecule has 1 aromatic heterocycles. The Bertz CT molecular complexity index is 343. The molecule has 2 rings (SSSR count). The van der Waals surface area contributed by atoms with E-state index >= 15 is 0 Å². The lowest BCUT2D eigenvalue weighted by atomic mass is 9.79. The number of hydrogen-bond donors (Lipinski definition) is 2. The van der Waals surface area contributed by atoms with E-state index in [0.29, 0.717) is 19.3 Å². The van der Waals surface area contributed by atoms with Gasteiger partial charge in [-0.25, -0.2) is 0 Å². The van der Waals surface area contributed by atoms with E-state index in [1.807, 2.05) is 19.3 Å². The average Bonchev–Trinajstić information content (AvgIpc) is 2.65. The number of nitrogens with zero attached hydrogens (tertiary/aromatic N) is 2. The van der Waals surface area contributed by atoms with Crippen molar-refractivity contribution in [3.8, 4) is 0 Å². The smallest absolute Gasteiger partial charge is 0.0909 e. The summed E-state index contributed by atoms with van der Waals surface area (Å²) in [6.45, 7) is 0. The number of rotatable bonds is 3. The van der Waals surface area contributed by atoms with Crippen molar-refractivity contribution in [3.63, 3.8) is 0 Å². The highest BCUT2D eigenvalue weighted by Crippen LogP contribution is 2.32. The molecule has 90 valence electrons. The van der Waals surface area contributed by atoms with Gasteiger partial charge in [0.15, 0.2) is 0 Å². The standard InChI is InChI=1S/C12H20N2O2/c1-14-8-5-10(13-14)9-11(15)12(16)6-3-2-4-7-12/h5,8,11,15-16H,2-4,6-7,9H2,1H3. The number of aromatic nitrogens is 2. The molecule has 1 saturated carbocycles. The predicted molar refractivity (Wildman–Crippen MR) is 61.0 cm³/mol. The first-order chi connectivity index (χ1) is 7.60. The van der Waals surface area contributed by atoms with Gasteiger partial charge in [0.05, 0.1) is 17.4 Å².